The summed E-state index contributed by atoms with van der Waals surface area (Å²) in [6.45, 7) is 0.660. The number of carbonyl (C=O) groups excluding carboxylic acids is 4. The summed E-state index contributed by atoms with van der Waals surface area (Å²) in [6, 6.07) is 10.2. The van der Waals surface area contributed by atoms with Crippen LogP contribution in [0.15, 0.2) is 36.4 Å². The molecule has 1 aliphatic carbocycles. The Kier molecular flexibility index (Phi) is 6.92. The molecule has 8 nitrogen and oxygen atoms in total. The van der Waals surface area contributed by atoms with Crippen molar-refractivity contribution in [3.63, 3.8) is 0 Å². The van der Waals surface area contributed by atoms with E-state index < -0.39 is 0 Å². The van der Waals surface area contributed by atoms with E-state index in [1.165, 1.54) is 9.80 Å². The summed E-state index contributed by atoms with van der Waals surface area (Å²) in [4.78, 5) is 53.5. The van der Waals surface area contributed by atoms with Gasteiger partial charge in [0.15, 0.2) is 11.6 Å². The Labute approximate surface area is 187 Å². The number of anilines is 2. The Morgan fingerprint density at radius 2 is 1.06 bits per heavy atom. The third-order valence-corrected chi connectivity index (χ3v) is 5.38. The van der Waals surface area contributed by atoms with Crippen molar-refractivity contribution in [3.05, 3.63) is 58.7 Å². The normalized spacial score (nSPS) is 12.0. The number of carbonyl (C=O) groups is 4. The van der Waals surface area contributed by atoms with Crippen LogP contribution in [-0.4, -0.2) is 74.5 Å². The average molecular weight is 437 g/mol. The molecule has 0 radical (unpaired) electrons. The third kappa shape index (κ3) is 4.64. The minimum absolute atomic E-state index is 0.0389. The first-order valence-corrected chi connectivity index (χ1v) is 10.5. The molecule has 0 aliphatic heterocycles. The predicted molar refractivity (Wildman–Crippen MR) is 123 cm³/mol. The van der Waals surface area contributed by atoms with Crippen LogP contribution in [0.4, 0.5) is 11.4 Å². The smallest absolute Gasteiger partial charge is 0.223 e. The summed E-state index contributed by atoms with van der Waals surface area (Å²) in [6.07, 6.45) is 0.514. The van der Waals surface area contributed by atoms with Crippen LogP contribution in [0.5, 0.6) is 0 Å². The summed E-state index contributed by atoms with van der Waals surface area (Å²) >= 11 is 0. The van der Waals surface area contributed by atoms with Gasteiger partial charge in [0.05, 0.1) is 11.1 Å². The van der Waals surface area contributed by atoms with E-state index in [1.807, 2.05) is 0 Å². The lowest BCUT2D eigenvalue weighted by Crippen LogP contribution is -2.27. The number of rotatable bonds is 8. The van der Waals surface area contributed by atoms with E-state index in [0.717, 1.165) is 0 Å². The van der Waals surface area contributed by atoms with Crippen LogP contribution in [0.1, 0.15) is 44.7 Å². The van der Waals surface area contributed by atoms with E-state index in [4.69, 9.17) is 0 Å². The van der Waals surface area contributed by atoms with Crippen LogP contribution in [-0.2, 0) is 9.59 Å². The van der Waals surface area contributed by atoms with Crippen LogP contribution in [0.3, 0.4) is 0 Å². The van der Waals surface area contributed by atoms with Crippen molar-refractivity contribution in [2.75, 3.05) is 51.9 Å². The quantitative estimate of drug-likeness (QED) is 0.562. The van der Waals surface area contributed by atoms with E-state index in [1.54, 1.807) is 64.6 Å². The van der Waals surface area contributed by atoms with Crippen LogP contribution >= 0.6 is 0 Å². The molecule has 0 heterocycles. The van der Waals surface area contributed by atoms with Crippen molar-refractivity contribution in [2.45, 2.75) is 12.8 Å². The number of amides is 2. The highest BCUT2D eigenvalue weighted by molar-refractivity contribution is 6.31. The van der Waals surface area contributed by atoms with Gasteiger partial charge in [-0.15, -0.1) is 0 Å². The van der Waals surface area contributed by atoms with E-state index >= 15 is 0 Å². The van der Waals surface area contributed by atoms with E-state index in [2.05, 4.69) is 10.6 Å². The van der Waals surface area contributed by atoms with Gasteiger partial charge in [0.1, 0.15) is 0 Å². The second kappa shape index (κ2) is 9.64. The fraction of sp³-hybridized carbons (Fsp3) is 0.333. The summed E-state index contributed by atoms with van der Waals surface area (Å²) < 4.78 is 0. The van der Waals surface area contributed by atoms with Crippen molar-refractivity contribution < 1.29 is 19.2 Å². The average Bonchev–Trinajstić information content (AvgIpc) is 2.77. The second-order valence-corrected chi connectivity index (χ2v) is 8.04. The zero-order valence-electron chi connectivity index (χ0n) is 18.8. The molecule has 2 aromatic carbocycles. The number of hydrogen-bond acceptors (Lipinski definition) is 6. The van der Waals surface area contributed by atoms with Gasteiger partial charge in [-0.3, -0.25) is 19.2 Å². The maximum Gasteiger partial charge on any atom is 0.223 e. The molecule has 0 aromatic heterocycles. The Morgan fingerprint density at radius 3 is 1.41 bits per heavy atom. The Balaban J connectivity index is 1.94. The highest BCUT2D eigenvalue weighted by Gasteiger charge is 2.33. The molecule has 0 saturated heterocycles. The molecule has 32 heavy (non-hydrogen) atoms. The molecule has 0 bridgehead atoms. The summed E-state index contributed by atoms with van der Waals surface area (Å²) in [5.41, 5.74) is 2.31. The van der Waals surface area contributed by atoms with Crippen molar-refractivity contribution in [2.24, 2.45) is 0 Å². The monoisotopic (exact) mass is 436 g/mol. The summed E-state index contributed by atoms with van der Waals surface area (Å²) in [5, 5.41) is 6.30. The molecule has 0 unspecified atom stereocenters. The maximum atomic E-state index is 13.3. The Hall–Kier alpha value is -3.68. The Morgan fingerprint density at radius 1 is 0.688 bits per heavy atom. The second-order valence-electron chi connectivity index (χ2n) is 8.04. The third-order valence-electron chi connectivity index (χ3n) is 5.38. The molecular weight excluding hydrogens is 408 g/mol. The zero-order valence-corrected chi connectivity index (χ0v) is 18.8. The lowest BCUT2D eigenvalue weighted by atomic mass is 9.82. The molecule has 8 heteroatoms. The lowest BCUT2D eigenvalue weighted by Gasteiger charge is -2.24. The first kappa shape index (κ1) is 23.0. The van der Waals surface area contributed by atoms with Gasteiger partial charge in [0, 0.05) is 76.6 Å². The number of benzene rings is 2. The molecule has 3 rings (SSSR count). The molecule has 0 fully saturated rings. The molecule has 2 N–H and O–H groups in total. The van der Waals surface area contributed by atoms with Gasteiger partial charge >= 0.3 is 0 Å². The fourth-order valence-corrected chi connectivity index (χ4v) is 3.57. The number of nitrogens with one attached hydrogen (secondary N) is 2. The van der Waals surface area contributed by atoms with Crippen molar-refractivity contribution in [1.82, 2.24) is 9.80 Å². The van der Waals surface area contributed by atoms with E-state index in [-0.39, 0.29) is 47.3 Å². The van der Waals surface area contributed by atoms with Crippen molar-refractivity contribution in [1.29, 1.82) is 0 Å². The van der Waals surface area contributed by atoms with Crippen LogP contribution in [0.2, 0.25) is 0 Å². The molecule has 0 saturated carbocycles. The standard InChI is InChI=1S/C24H28N4O4/c1-27(2)19(29)11-13-25-17-9-10-18(26-14-12-20(30)28(3)4)22-21(17)23(31)15-7-5-6-8-16(15)24(22)32/h5-10,25-26H,11-14H2,1-4H3. The predicted octanol–water partition coefficient (Wildman–Crippen LogP) is 2.24. The van der Waals surface area contributed by atoms with Crippen molar-refractivity contribution >= 4 is 34.8 Å². The minimum Gasteiger partial charge on any atom is -0.384 e. The Bertz CT molecular complexity index is 992. The van der Waals surface area contributed by atoms with Gasteiger partial charge in [0.25, 0.3) is 0 Å². The highest BCUT2D eigenvalue weighted by atomic mass is 16.2. The van der Waals surface area contributed by atoms with Gasteiger partial charge in [-0.25, -0.2) is 0 Å². The molecule has 0 atom stereocenters. The number of nitrogens with zero attached hydrogens (tertiary/aromatic N) is 2. The fourth-order valence-electron chi connectivity index (χ4n) is 3.57. The number of fused-ring (bicyclic) bond motifs is 2. The van der Waals surface area contributed by atoms with Gasteiger partial charge in [-0.2, -0.15) is 0 Å². The molecule has 0 spiro atoms. The largest absolute Gasteiger partial charge is 0.384 e. The summed E-state index contributed by atoms with van der Waals surface area (Å²) in [5.74, 6) is -0.569. The SMILES string of the molecule is CN(C)C(=O)CCNc1ccc(NCCC(=O)N(C)C)c2c1C(=O)c1ccccc1C2=O. The van der Waals surface area contributed by atoms with Gasteiger partial charge in [-0.1, -0.05) is 24.3 Å². The molecule has 2 aromatic rings. The first-order chi connectivity index (χ1) is 15.2. The maximum absolute atomic E-state index is 13.3. The molecular formula is C24H28N4O4. The first-order valence-electron chi connectivity index (χ1n) is 10.5. The van der Waals surface area contributed by atoms with E-state index in [0.29, 0.717) is 35.6 Å². The minimum atomic E-state index is -0.246. The number of ketones is 2. The van der Waals surface area contributed by atoms with Crippen LogP contribution in [0.25, 0.3) is 0 Å². The lowest BCUT2D eigenvalue weighted by molar-refractivity contribution is -0.129. The van der Waals surface area contributed by atoms with Crippen molar-refractivity contribution in [3.8, 4) is 0 Å². The summed E-state index contributed by atoms with van der Waals surface area (Å²) in [7, 11) is 6.74. The molecule has 1 aliphatic rings. The van der Waals surface area contributed by atoms with Gasteiger partial charge < -0.3 is 20.4 Å². The zero-order chi connectivity index (χ0) is 23.4. The molecule has 168 valence electrons. The van der Waals surface area contributed by atoms with E-state index in [9.17, 15) is 19.2 Å². The topological polar surface area (TPSA) is 98.8 Å². The number of hydrogen-bond donors (Lipinski definition) is 2. The molecule has 2 amide bonds. The highest BCUT2D eigenvalue weighted by Crippen LogP contribution is 2.36. The van der Waals surface area contributed by atoms with Crippen LogP contribution in [0, 0.1) is 0 Å². The van der Waals surface area contributed by atoms with Crippen LogP contribution < -0.4 is 10.6 Å². The van der Waals surface area contributed by atoms with Gasteiger partial charge in [-0.05, 0) is 12.1 Å². The van der Waals surface area contributed by atoms with Gasteiger partial charge in [0.2, 0.25) is 11.8 Å².